The number of benzene rings is 1. The Morgan fingerprint density at radius 2 is 2.00 bits per heavy atom. The van der Waals surface area contributed by atoms with Crippen LogP contribution in [0.15, 0.2) is 36.5 Å². The molecule has 0 radical (unpaired) electrons. The molecule has 10 heteroatoms. The molecule has 0 spiro atoms. The number of anilines is 1. The Kier molecular flexibility index (Phi) is 5.48. The SMILES string of the molecule is Cc1nn(CCC(=O)Nc2ccn(Cc3ccccc3F)n2)c(C)c1[N+](=O)[O-]. The van der Waals surface area contributed by atoms with E-state index in [9.17, 15) is 19.3 Å². The van der Waals surface area contributed by atoms with Crippen molar-refractivity contribution < 1.29 is 14.1 Å². The van der Waals surface area contributed by atoms with Crippen molar-refractivity contribution in [1.29, 1.82) is 0 Å². The molecule has 0 bridgehead atoms. The van der Waals surface area contributed by atoms with Gasteiger partial charge < -0.3 is 5.32 Å². The summed E-state index contributed by atoms with van der Waals surface area (Å²) in [7, 11) is 0. The van der Waals surface area contributed by atoms with E-state index in [1.54, 1.807) is 44.3 Å². The molecular formula is C18H19FN6O3. The zero-order chi connectivity index (χ0) is 20.3. The van der Waals surface area contributed by atoms with Gasteiger partial charge in [0, 0.05) is 24.2 Å². The van der Waals surface area contributed by atoms with Gasteiger partial charge in [0.1, 0.15) is 17.2 Å². The van der Waals surface area contributed by atoms with Crippen LogP contribution in [-0.4, -0.2) is 30.4 Å². The van der Waals surface area contributed by atoms with Crippen LogP contribution in [0.4, 0.5) is 15.9 Å². The van der Waals surface area contributed by atoms with Crippen LogP contribution < -0.4 is 5.32 Å². The van der Waals surface area contributed by atoms with E-state index in [4.69, 9.17) is 0 Å². The van der Waals surface area contributed by atoms with Gasteiger partial charge in [-0.3, -0.25) is 24.3 Å². The summed E-state index contributed by atoms with van der Waals surface area (Å²) in [6.45, 7) is 3.62. The van der Waals surface area contributed by atoms with Crippen molar-refractivity contribution in [2.45, 2.75) is 33.4 Å². The highest BCUT2D eigenvalue weighted by Gasteiger charge is 2.21. The maximum absolute atomic E-state index is 13.7. The average Bonchev–Trinajstić information content (AvgIpc) is 3.18. The molecule has 0 saturated carbocycles. The number of nitro groups is 1. The van der Waals surface area contributed by atoms with Crippen molar-refractivity contribution in [3.63, 3.8) is 0 Å². The highest BCUT2D eigenvalue weighted by atomic mass is 19.1. The van der Waals surface area contributed by atoms with Gasteiger partial charge in [0.2, 0.25) is 5.91 Å². The fourth-order valence-electron chi connectivity index (χ4n) is 2.90. The fourth-order valence-corrected chi connectivity index (χ4v) is 2.90. The van der Waals surface area contributed by atoms with Crippen LogP contribution >= 0.6 is 0 Å². The largest absolute Gasteiger partial charge is 0.312 e. The molecule has 3 aromatic rings. The highest BCUT2D eigenvalue weighted by molar-refractivity contribution is 5.89. The normalized spacial score (nSPS) is 10.8. The lowest BCUT2D eigenvalue weighted by Gasteiger charge is -2.05. The summed E-state index contributed by atoms with van der Waals surface area (Å²) in [4.78, 5) is 22.7. The van der Waals surface area contributed by atoms with Crippen LogP contribution in [0.3, 0.4) is 0 Å². The molecule has 2 aromatic heterocycles. The fraction of sp³-hybridized carbons (Fsp3) is 0.278. The van der Waals surface area contributed by atoms with Crippen LogP contribution in [0.1, 0.15) is 23.4 Å². The van der Waals surface area contributed by atoms with Gasteiger partial charge in [0.25, 0.3) is 0 Å². The number of carbonyl (C=O) groups excluding carboxylic acids is 1. The third kappa shape index (κ3) is 4.22. The van der Waals surface area contributed by atoms with Gasteiger partial charge >= 0.3 is 5.69 Å². The van der Waals surface area contributed by atoms with E-state index in [1.807, 2.05) is 0 Å². The highest BCUT2D eigenvalue weighted by Crippen LogP contribution is 2.21. The Balaban J connectivity index is 1.57. The van der Waals surface area contributed by atoms with E-state index in [-0.39, 0.29) is 36.9 Å². The molecule has 1 N–H and O–H groups in total. The number of halogens is 1. The molecule has 1 aromatic carbocycles. The van der Waals surface area contributed by atoms with Crippen LogP contribution in [0.5, 0.6) is 0 Å². The van der Waals surface area contributed by atoms with Crippen molar-refractivity contribution in [2.24, 2.45) is 0 Å². The van der Waals surface area contributed by atoms with Gasteiger partial charge in [-0.25, -0.2) is 4.39 Å². The Bertz CT molecular complexity index is 1030. The molecule has 1 amide bonds. The Labute approximate surface area is 159 Å². The number of nitrogens with zero attached hydrogens (tertiary/aromatic N) is 5. The van der Waals surface area contributed by atoms with Gasteiger partial charge in [-0.15, -0.1) is 0 Å². The van der Waals surface area contributed by atoms with E-state index in [0.29, 0.717) is 22.8 Å². The number of amides is 1. The minimum absolute atomic E-state index is 0.0349. The summed E-state index contributed by atoms with van der Waals surface area (Å²) in [6, 6.07) is 8.03. The molecule has 3 rings (SSSR count). The number of aromatic nitrogens is 4. The zero-order valence-electron chi connectivity index (χ0n) is 15.4. The third-order valence-electron chi connectivity index (χ3n) is 4.27. The second-order valence-electron chi connectivity index (χ2n) is 6.29. The van der Waals surface area contributed by atoms with Crippen LogP contribution in [0.2, 0.25) is 0 Å². The van der Waals surface area contributed by atoms with Crippen LogP contribution in [0, 0.1) is 29.8 Å². The Morgan fingerprint density at radius 1 is 1.25 bits per heavy atom. The van der Waals surface area contributed by atoms with Gasteiger partial charge in [-0.05, 0) is 19.9 Å². The first kappa shape index (κ1) is 19.2. The molecule has 0 aliphatic rings. The maximum Gasteiger partial charge on any atom is 0.312 e. The van der Waals surface area contributed by atoms with Crippen molar-refractivity contribution in [1.82, 2.24) is 19.6 Å². The number of nitrogens with one attached hydrogen (secondary N) is 1. The van der Waals surface area contributed by atoms with Gasteiger partial charge in [0.05, 0.1) is 18.0 Å². The quantitative estimate of drug-likeness (QED) is 0.496. The Morgan fingerprint density at radius 3 is 2.68 bits per heavy atom. The Hall–Kier alpha value is -3.56. The average molecular weight is 386 g/mol. The summed E-state index contributed by atoms with van der Waals surface area (Å²) in [5.74, 6) is -0.269. The standard InChI is InChI=1S/C18H19FN6O3/c1-12-18(25(27)28)13(2)24(21-12)10-8-17(26)20-16-7-9-23(22-16)11-14-5-3-4-6-15(14)19/h3-7,9H,8,10-11H2,1-2H3,(H,20,22,26). The van der Waals surface area contributed by atoms with Crippen molar-refractivity contribution >= 4 is 17.4 Å². The predicted octanol–water partition coefficient (Wildman–Crippen LogP) is 2.82. The van der Waals surface area contributed by atoms with E-state index in [0.717, 1.165) is 0 Å². The van der Waals surface area contributed by atoms with Gasteiger partial charge in [-0.2, -0.15) is 10.2 Å². The monoisotopic (exact) mass is 386 g/mol. The second-order valence-corrected chi connectivity index (χ2v) is 6.29. The topological polar surface area (TPSA) is 108 Å². The zero-order valence-corrected chi connectivity index (χ0v) is 15.4. The second kappa shape index (κ2) is 7.99. The summed E-state index contributed by atoms with van der Waals surface area (Å²) in [5.41, 5.74) is 1.18. The van der Waals surface area contributed by atoms with E-state index in [1.165, 1.54) is 15.4 Å². The summed E-state index contributed by atoms with van der Waals surface area (Å²) in [5, 5.41) is 22.0. The molecule has 2 heterocycles. The third-order valence-corrected chi connectivity index (χ3v) is 4.27. The lowest BCUT2D eigenvalue weighted by Crippen LogP contribution is -2.16. The molecule has 28 heavy (non-hydrogen) atoms. The first-order valence-corrected chi connectivity index (χ1v) is 8.60. The first-order valence-electron chi connectivity index (χ1n) is 8.60. The maximum atomic E-state index is 13.7. The van der Waals surface area contributed by atoms with Crippen LogP contribution in [0.25, 0.3) is 0 Å². The van der Waals surface area contributed by atoms with Gasteiger partial charge in [-0.1, -0.05) is 18.2 Å². The first-order chi connectivity index (χ1) is 13.3. The molecule has 0 fully saturated rings. The molecular weight excluding hydrogens is 367 g/mol. The summed E-state index contributed by atoms with van der Waals surface area (Å²) >= 11 is 0. The van der Waals surface area contributed by atoms with Gasteiger partial charge in [0.15, 0.2) is 5.82 Å². The molecule has 146 valence electrons. The van der Waals surface area contributed by atoms with E-state index >= 15 is 0 Å². The predicted molar refractivity (Wildman–Crippen MR) is 99.3 cm³/mol. The lowest BCUT2D eigenvalue weighted by atomic mass is 10.2. The molecule has 0 aliphatic heterocycles. The molecule has 0 atom stereocenters. The van der Waals surface area contributed by atoms with Crippen molar-refractivity contribution in [2.75, 3.05) is 5.32 Å². The number of rotatable bonds is 7. The smallest absolute Gasteiger partial charge is 0.309 e. The molecule has 0 saturated heterocycles. The van der Waals surface area contributed by atoms with Crippen LogP contribution in [-0.2, 0) is 17.9 Å². The minimum atomic E-state index is -0.476. The lowest BCUT2D eigenvalue weighted by molar-refractivity contribution is -0.386. The number of hydrogen-bond acceptors (Lipinski definition) is 5. The molecule has 0 unspecified atom stereocenters. The van der Waals surface area contributed by atoms with Crippen molar-refractivity contribution in [3.05, 3.63) is 69.4 Å². The minimum Gasteiger partial charge on any atom is -0.309 e. The summed E-state index contributed by atoms with van der Waals surface area (Å²) < 4.78 is 16.7. The van der Waals surface area contributed by atoms with E-state index in [2.05, 4.69) is 15.5 Å². The molecule has 0 aliphatic carbocycles. The number of aryl methyl sites for hydroxylation is 2. The molecule has 9 nitrogen and oxygen atoms in total. The number of carbonyl (C=O) groups is 1. The number of hydrogen-bond donors (Lipinski definition) is 1. The van der Waals surface area contributed by atoms with Crippen molar-refractivity contribution in [3.8, 4) is 0 Å². The van der Waals surface area contributed by atoms with E-state index < -0.39 is 4.92 Å². The summed E-state index contributed by atoms with van der Waals surface area (Å²) in [6.07, 6.45) is 1.73.